The van der Waals surface area contributed by atoms with Crippen LogP contribution in [0.3, 0.4) is 0 Å². The summed E-state index contributed by atoms with van der Waals surface area (Å²) in [7, 11) is 0. The van der Waals surface area contributed by atoms with E-state index in [1.54, 1.807) is 9.80 Å². The van der Waals surface area contributed by atoms with E-state index >= 15 is 0 Å². The quantitative estimate of drug-likeness (QED) is 0.0252. The molecule has 20 atom stereocenters. The van der Waals surface area contributed by atoms with Crippen LogP contribution in [0.2, 0.25) is 0 Å². The zero-order valence-electron chi connectivity index (χ0n) is 56.3. The van der Waals surface area contributed by atoms with E-state index in [9.17, 15) is 121 Å². The lowest BCUT2D eigenvalue weighted by molar-refractivity contribution is -0.301. The molecule has 0 saturated carbocycles. The highest BCUT2D eigenvalue weighted by Crippen LogP contribution is 2.27. The lowest BCUT2D eigenvalue weighted by Gasteiger charge is -2.39. The molecule has 0 aliphatic carbocycles. The first kappa shape index (κ1) is 87.7. The number of amides is 2. The van der Waals surface area contributed by atoms with Crippen LogP contribution in [0.1, 0.15) is 103 Å². The summed E-state index contributed by atoms with van der Waals surface area (Å²) in [6.45, 7) is -4.28. The third-order valence-electron chi connectivity index (χ3n) is 17.8. The van der Waals surface area contributed by atoms with Gasteiger partial charge in [0.05, 0.1) is 59.2 Å². The maximum absolute atomic E-state index is 14.2. The van der Waals surface area contributed by atoms with Crippen molar-refractivity contribution in [1.82, 2.24) is 24.5 Å². The van der Waals surface area contributed by atoms with Gasteiger partial charge in [-0.1, -0.05) is 51.4 Å². The Morgan fingerprint density at radius 3 is 0.697 bits per heavy atom. The second-order valence-corrected chi connectivity index (χ2v) is 25.6. The van der Waals surface area contributed by atoms with Gasteiger partial charge in [-0.25, -0.2) is 0 Å². The summed E-state index contributed by atoms with van der Waals surface area (Å²) in [5.74, 6) is -4.71. The summed E-state index contributed by atoms with van der Waals surface area (Å²) in [5, 5.41) is 190. The molecule has 578 valence electrons. The zero-order chi connectivity index (χ0) is 73.1. The summed E-state index contributed by atoms with van der Waals surface area (Å²) in [6, 6.07) is 0. The van der Waals surface area contributed by atoms with Gasteiger partial charge in [0.2, 0.25) is 11.8 Å². The van der Waals surface area contributed by atoms with Crippen molar-refractivity contribution in [3.8, 4) is 0 Å². The Labute approximate surface area is 575 Å². The first-order chi connectivity index (χ1) is 47.3. The van der Waals surface area contributed by atoms with E-state index < -0.39 is 212 Å². The van der Waals surface area contributed by atoms with Crippen LogP contribution in [-0.4, -0.2) is 412 Å². The van der Waals surface area contributed by atoms with Gasteiger partial charge in [0, 0.05) is 78.8 Å². The fourth-order valence-corrected chi connectivity index (χ4v) is 11.8. The number of aliphatic carboxylic acids is 3. The van der Waals surface area contributed by atoms with Crippen molar-refractivity contribution in [3.05, 3.63) is 0 Å². The van der Waals surface area contributed by atoms with Crippen LogP contribution in [0.25, 0.3) is 0 Å². The number of carbonyl (C=O) groups excluding carboxylic acids is 2. The van der Waals surface area contributed by atoms with Crippen molar-refractivity contribution in [3.63, 3.8) is 0 Å². The van der Waals surface area contributed by atoms with Gasteiger partial charge in [-0.2, -0.15) is 0 Å². The Kier molecular flexibility index (Phi) is 42.1. The summed E-state index contributed by atoms with van der Waals surface area (Å²) in [4.78, 5) is 72.6. The Bertz CT molecular complexity index is 2010. The van der Waals surface area contributed by atoms with Gasteiger partial charge in [0.15, 0.2) is 25.2 Å². The van der Waals surface area contributed by atoms with Crippen molar-refractivity contribution in [1.29, 1.82) is 0 Å². The van der Waals surface area contributed by atoms with Gasteiger partial charge >= 0.3 is 17.9 Å². The van der Waals surface area contributed by atoms with Crippen molar-refractivity contribution in [2.75, 3.05) is 138 Å². The van der Waals surface area contributed by atoms with Crippen LogP contribution in [0.4, 0.5) is 0 Å². The molecule has 4 fully saturated rings. The largest absolute Gasteiger partial charge is 0.480 e. The van der Waals surface area contributed by atoms with E-state index in [-0.39, 0.29) is 78.8 Å². The molecule has 4 heterocycles. The molecule has 4 rings (SSSR count). The maximum atomic E-state index is 14.2. The second-order valence-electron chi connectivity index (χ2n) is 25.6. The summed E-state index contributed by atoms with van der Waals surface area (Å²) >= 11 is 0. The number of nitrogens with zero attached hydrogens (tertiary/aromatic N) is 5. The Balaban J connectivity index is 1.37. The van der Waals surface area contributed by atoms with E-state index in [2.05, 4.69) is 0 Å². The number of carboxylic acid groups (broad SMARTS) is 3. The predicted octanol–water partition coefficient (Wildman–Crippen LogP) is -7.69. The van der Waals surface area contributed by atoms with Gasteiger partial charge in [0.1, 0.15) is 97.7 Å². The molecule has 0 aromatic heterocycles. The first-order valence-corrected chi connectivity index (χ1v) is 34.3. The molecule has 4 aliphatic rings. The average Bonchev–Trinajstić information content (AvgIpc) is 0.845. The minimum absolute atomic E-state index is 0.0794. The average molecular weight is 1440 g/mol. The lowest BCUT2D eigenvalue weighted by Crippen LogP contribution is -2.59. The molecule has 4 saturated heterocycles. The number of aliphatic hydroxyl groups excluding tert-OH is 16. The number of hydrogen-bond acceptors (Lipinski definition) is 32. The molecule has 0 aromatic rings. The van der Waals surface area contributed by atoms with Gasteiger partial charge in [-0.15, -0.1) is 0 Å². The summed E-state index contributed by atoms with van der Waals surface area (Å²) in [5.41, 5.74) is 0. The number of aliphatic hydroxyl groups is 16. The number of ether oxygens (including phenoxy) is 8. The van der Waals surface area contributed by atoms with Gasteiger partial charge in [0.25, 0.3) is 0 Å². The van der Waals surface area contributed by atoms with E-state index in [1.807, 2.05) is 0 Å². The van der Waals surface area contributed by atoms with Crippen molar-refractivity contribution < 1.29 is 159 Å². The Hall–Kier alpha value is -3.73. The third-order valence-corrected chi connectivity index (χ3v) is 17.8. The number of rotatable bonds is 52. The molecule has 0 spiro atoms. The molecule has 19 N–H and O–H groups in total. The van der Waals surface area contributed by atoms with Crippen LogP contribution in [-0.2, 0) is 61.9 Å². The Morgan fingerprint density at radius 2 is 0.475 bits per heavy atom. The molecular formula is C62H113N5O32. The van der Waals surface area contributed by atoms with E-state index in [0.29, 0.717) is 103 Å². The molecule has 4 unspecified atom stereocenters. The third kappa shape index (κ3) is 30.5. The SMILES string of the molecule is O=C(O)CN(CCN(CC(=O)O)CC(=O)N(CCCCCCOC1O[C@H](CO)[C@H](O)[C@@H](O)[C@@H]1O)CCCCCCOC1O[C@H](CO)[C@H](O)[C@@H](O)[C@@H]1O)CCN(CC(=O)O)CC(=O)N(CCCCCCOC1O[C@@H](CO)[C@@H](O)[C@H](O)[C@H]1O)CCCCCCOC1O[C@@H](CO)[C@@H](O)[C@H](O)[C@H]1O. The molecule has 99 heavy (non-hydrogen) atoms. The van der Waals surface area contributed by atoms with Gasteiger partial charge < -0.3 is 145 Å². The molecule has 37 heteroatoms. The van der Waals surface area contributed by atoms with E-state index in [1.165, 1.54) is 14.7 Å². The highest BCUT2D eigenvalue weighted by atomic mass is 16.7. The normalized spacial score (nSPS) is 30.5. The smallest absolute Gasteiger partial charge is 0.317 e. The van der Waals surface area contributed by atoms with Crippen LogP contribution >= 0.6 is 0 Å². The highest BCUT2D eigenvalue weighted by Gasteiger charge is 2.47. The fourth-order valence-electron chi connectivity index (χ4n) is 11.8. The minimum atomic E-state index is -1.61. The molecule has 0 aromatic carbocycles. The molecule has 2 amide bonds. The van der Waals surface area contributed by atoms with Crippen molar-refractivity contribution >= 4 is 29.7 Å². The lowest BCUT2D eigenvalue weighted by atomic mass is 9.99. The molecule has 0 bridgehead atoms. The van der Waals surface area contributed by atoms with Gasteiger partial charge in [-0.3, -0.25) is 38.7 Å². The zero-order valence-corrected chi connectivity index (χ0v) is 56.3. The van der Waals surface area contributed by atoms with Crippen LogP contribution in [0.5, 0.6) is 0 Å². The predicted molar refractivity (Wildman–Crippen MR) is 338 cm³/mol. The van der Waals surface area contributed by atoms with Crippen LogP contribution in [0, 0.1) is 0 Å². The highest BCUT2D eigenvalue weighted by molar-refractivity contribution is 5.80. The number of unbranched alkanes of at least 4 members (excludes halogenated alkanes) is 12. The van der Waals surface area contributed by atoms with Crippen LogP contribution < -0.4 is 0 Å². The molecular weight excluding hydrogens is 1330 g/mol. The fraction of sp³-hybridized carbons (Fsp3) is 0.919. The summed E-state index contributed by atoms with van der Waals surface area (Å²) in [6.07, 6.45) is -20.3. The second kappa shape index (κ2) is 47.6. The molecule has 37 nitrogen and oxygen atoms in total. The standard InChI is InChI=1S/C62H113N5O32/c68-34-38-47(80)51(84)55(88)59(96-38)92-25-13-5-1-9-17-66(18-10-2-6-14-26-93-60-56(89)52(85)48(81)39(35-69)97-60)42(72)29-64(32-45(76)77)23-21-63(31-44(74)75)22-24-65(33-46(78)79)30-43(73)67(19-11-3-7-15-27-94-61-57(90)53(86)49(82)40(36-70)98-61)20-12-4-8-16-28-95-62-58(91)54(87)50(83)41(37-71)99-62/h38-41,47-62,68-71,80-91H,1-37H2,(H,74,75)(H,76,77)(H,78,79)/t38-,39-,40+,41+,47+,48+,49-,50-,51-,52-,53+,54+,55+,56+,57-,58-,59?,60?,61?,62?. The van der Waals surface area contributed by atoms with Crippen molar-refractivity contribution in [2.45, 2.75) is 226 Å². The molecule has 0 radical (unpaired) electrons. The van der Waals surface area contributed by atoms with E-state index in [0.717, 1.165) is 0 Å². The maximum Gasteiger partial charge on any atom is 0.317 e. The monoisotopic (exact) mass is 1440 g/mol. The number of carboxylic acids is 3. The van der Waals surface area contributed by atoms with Gasteiger partial charge in [-0.05, 0) is 51.4 Å². The number of carbonyl (C=O) groups is 5. The Morgan fingerprint density at radius 1 is 0.263 bits per heavy atom. The molecule has 4 aliphatic heterocycles. The van der Waals surface area contributed by atoms with Crippen molar-refractivity contribution in [2.24, 2.45) is 0 Å². The minimum Gasteiger partial charge on any atom is -0.480 e. The van der Waals surface area contributed by atoms with E-state index in [4.69, 9.17) is 37.9 Å². The summed E-state index contributed by atoms with van der Waals surface area (Å²) < 4.78 is 44.0. The topological polar surface area (TPSA) is 560 Å². The first-order valence-electron chi connectivity index (χ1n) is 34.3. The van der Waals surface area contributed by atoms with Crippen LogP contribution in [0.15, 0.2) is 0 Å². The number of hydrogen-bond donors (Lipinski definition) is 19.